The molecule has 1 aliphatic heterocycles. The highest BCUT2D eigenvalue weighted by atomic mass is 32.1. The lowest BCUT2D eigenvalue weighted by molar-refractivity contribution is -0.139. The van der Waals surface area contributed by atoms with E-state index >= 15 is 0 Å². The van der Waals surface area contributed by atoms with Crippen molar-refractivity contribution in [2.24, 2.45) is 0 Å². The van der Waals surface area contributed by atoms with Gasteiger partial charge in [-0.25, -0.2) is 4.79 Å². The maximum atomic E-state index is 13.7. The Kier molecular flexibility index (Phi) is 9.39. The first-order valence-corrected chi connectivity index (χ1v) is 13.8. The molecule has 1 aromatic carbocycles. The second kappa shape index (κ2) is 13.1. The Hall–Kier alpha value is -4.10. The molecule has 0 fully saturated rings. The Balaban J connectivity index is 1.51. The second-order valence-corrected chi connectivity index (χ2v) is 10.8. The average Bonchev–Trinajstić information content (AvgIpc) is 3.68. The molecule has 4 N–H and O–H groups in total. The molecule has 4 rings (SSSR count). The summed E-state index contributed by atoms with van der Waals surface area (Å²) in [5, 5.41) is 27.7. The van der Waals surface area contributed by atoms with Gasteiger partial charge < -0.3 is 35.2 Å². The summed E-state index contributed by atoms with van der Waals surface area (Å²) in [5.74, 6) is -1.76. The van der Waals surface area contributed by atoms with Crippen LogP contribution >= 0.6 is 22.7 Å². The standard InChI is InChI=1S/C26H27N3O8S2/c30-23(31)8-6-19(25(34)29(13-17-3-1-9-38-17)14-18-4-2-10-39-18)27-26(35)28-20(12-24(32)33)16-5-7-21-22(11-16)37-15-36-21/h1-5,7,9-11,19-20H,6,8,12-15H2,(H,30,31)(H,32,33)(H2,27,28,35)/t19-,20-/m0/s1. The van der Waals surface area contributed by atoms with Crippen LogP contribution in [0.5, 0.6) is 11.5 Å². The summed E-state index contributed by atoms with van der Waals surface area (Å²) in [6, 6.07) is 9.49. The summed E-state index contributed by atoms with van der Waals surface area (Å²) >= 11 is 2.97. The van der Waals surface area contributed by atoms with Crippen LogP contribution in [0.3, 0.4) is 0 Å². The van der Waals surface area contributed by atoms with Crippen molar-refractivity contribution in [1.82, 2.24) is 15.5 Å². The molecule has 0 unspecified atom stereocenters. The van der Waals surface area contributed by atoms with Crippen molar-refractivity contribution in [2.45, 2.75) is 44.4 Å². The number of thiophene rings is 2. The summed E-state index contributed by atoms with van der Waals surface area (Å²) in [7, 11) is 0. The van der Waals surface area contributed by atoms with Crippen molar-refractivity contribution < 1.29 is 38.9 Å². The zero-order chi connectivity index (χ0) is 27.8. The molecule has 13 heteroatoms. The number of carboxylic acids is 2. The number of hydrogen-bond donors (Lipinski definition) is 4. The Bertz CT molecular complexity index is 1260. The predicted molar refractivity (Wildman–Crippen MR) is 143 cm³/mol. The number of hydrogen-bond acceptors (Lipinski definition) is 8. The van der Waals surface area contributed by atoms with E-state index in [0.717, 1.165) is 9.75 Å². The van der Waals surface area contributed by atoms with E-state index in [9.17, 15) is 29.4 Å². The molecule has 2 aromatic heterocycles. The fourth-order valence-electron chi connectivity index (χ4n) is 4.05. The van der Waals surface area contributed by atoms with Crippen molar-refractivity contribution in [3.05, 3.63) is 68.5 Å². The molecule has 206 valence electrons. The van der Waals surface area contributed by atoms with E-state index in [0.29, 0.717) is 30.2 Å². The van der Waals surface area contributed by atoms with E-state index in [4.69, 9.17) is 9.47 Å². The molecule has 0 radical (unpaired) electrons. The third-order valence-electron chi connectivity index (χ3n) is 5.90. The molecule has 3 amide bonds. The van der Waals surface area contributed by atoms with E-state index in [1.807, 2.05) is 35.0 Å². The molecule has 2 atom stereocenters. The molecule has 11 nitrogen and oxygen atoms in total. The van der Waals surface area contributed by atoms with Gasteiger partial charge in [0.05, 0.1) is 25.6 Å². The van der Waals surface area contributed by atoms with Crippen molar-refractivity contribution in [3.63, 3.8) is 0 Å². The fourth-order valence-corrected chi connectivity index (χ4v) is 5.49. The summed E-state index contributed by atoms with van der Waals surface area (Å²) in [5.41, 5.74) is 0.474. The minimum absolute atomic E-state index is 0.0388. The number of nitrogens with zero attached hydrogens (tertiary/aromatic N) is 1. The number of amides is 3. The highest BCUT2D eigenvalue weighted by Gasteiger charge is 2.29. The SMILES string of the molecule is O=C(O)CC[C@H](NC(=O)N[C@@H](CC(=O)O)c1ccc2c(c1)OCO2)C(=O)N(Cc1cccs1)Cc1cccs1. The van der Waals surface area contributed by atoms with Crippen LogP contribution in [0, 0.1) is 0 Å². The van der Waals surface area contributed by atoms with Gasteiger partial charge in [-0.05, 0) is 47.0 Å². The van der Waals surface area contributed by atoms with Gasteiger partial charge in [0.15, 0.2) is 11.5 Å². The van der Waals surface area contributed by atoms with E-state index in [-0.39, 0.29) is 19.6 Å². The van der Waals surface area contributed by atoms with Crippen LogP contribution in [0.2, 0.25) is 0 Å². The number of urea groups is 1. The lowest BCUT2D eigenvalue weighted by Gasteiger charge is -2.28. The molecule has 0 saturated heterocycles. The Morgan fingerprint density at radius 1 is 0.897 bits per heavy atom. The zero-order valence-corrected chi connectivity index (χ0v) is 22.3. The summed E-state index contributed by atoms with van der Waals surface area (Å²) < 4.78 is 10.7. The van der Waals surface area contributed by atoms with Gasteiger partial charge in [-0.3, -0.25) is 14.4 Å². The van der Waals surface area contributed by atoms with E-state index in [2.05, 4.69) is 10.6 Å². The first-order valence-electron chi connectivity index (χ1n) is 12.0. The molecule has 3 heterocycles. The summed E-state index contributed by atoms with van der Waals surface area (Å²) in [6.07, 6.45) is -0.909. The molecule has 0 aliphatic carbocycles. The van der Waals surface area contributed by atoms with Crippen molar-refractivity contribution in [1.29, 1.82) is 0 Å². The maximum absolute atomic E-state index is 13.7. The molecule has 1 aliphatic rings. The maximum Gasteiger partial charge on any atom is 0.315 e. The third-order valence-corrected chi connectivity index (χ3v) is 7.62. The highest BCUT2D eigenvalue weighted by molar-refractivity contribution is 7.10. The minimum Gasteiger partial charge on any atom is -0.481 e. The van der Waals surface area contributed by atoms with Crippen LogP contribution in [0.25, 0.3) is 0 Å². The Labute approximate surface area is 232 Å². The number of aliphatic carboxylic acids is 2. The van der Waals surface area contributed by atoms with Gasteiger partial charge in [0.1, 0.15) is 6.04 Å². The number of carbonyl (C=O) groups is 4. The molecular weight excluding hydrogens is 546 g/mol. The van der Waals surface area contributed by atoms with E-state index in [1.165, 1.54) is 22.7 Å². The minimum atomic E-state index is -1.15. The van der Waals surface area contributed by atoms with Crippen molar-refractivity contribution in [2.75, 3.05) is 6.79 Å². The highest BCUT2D eigenvalue weighted by Crippen LogP contribution is 2.34. The van der Waals surface area contributed by atoms with Crippen LogP contribution in [0.4, 0.5) is 4.79 Å². The van der Waals surface area contributed by atoms with Gasteiger partial charge in [-0.15, -0.1) is 22.7 Å². The number of carbonyl (C=O) groups excluding carboxylic acids is 2. The van der Waals surface area contributed by atoms with E-state index < -0.39 is 42.4 Å². The lowest BCUT2D eigenvalue weighted by Crippen LogP contribution is -2.51. The first-order chi connectivity index (χ1) is 18.8. The normalized spacial score (nSPS) is 13.3. The van der Waals surface area contributed by atoms with Crippen molar-refractivity contribution >= 4 is 46.6 Å². The monoisotopic (exact) mass is 573 g/mol. The Morgan fingerprint density at radius 2 is 1.56 bits per heavy atom. The molecule has 39 heavy (non-hydrogen) atoms. The van der Waals surface area contributed by atoms with Gasteiger partial charge in [0.2, 0.25) is 12.7 Å². The molecule has 0 bridgehead atoms. The molecular formula is C26H27N3O8S2. The third kappa shape index (κ3) is 7.94. The average molecular weight is 574 g/mol. The quantitative estimate of drug-likeness (QED) is 0.241. The number of benzene rings is 1. The fraction of sp³-hybridized carbons (Fsp3) is 0.308. The number of rotatable bonds is 13. The number of ether oxygens (including phenoxy) is 2. The molecule has 0 spiro atoms. The van der Waals surface area contributed by atoms with Crippen LogP contribution in [0.1, 0.15) is 40.6 Å². The second-order valence-electron chi connectivity index (χ2n) is 8.72. The van der Waals surface area contributed by atoms with Gasteiger partial charge in [0.25, 0.3) is 0 Å². The molecule has 3 aromatic rings. The summed E-state index contributed by atoms with van der Waals surface area (Å²) in [4.78, 5) is 53.1. The number of fused-ring (bicyclic) bond motifs is 1. The lowest BCUT2D eigenvalue weighted by atomic mass is 10.0. The largest absolute Gasteiger partial charge is 0.481 e. The van der Waals surface area contributed by atoms with Gasteiger partial charge in [0, 0.05) is 16.2 Å². The first kappa shape index (κ1) is 27.9. The zero-order valence-electron chi connectivity index (χ0n) is 20.7. The predicted octanol–water partition coefficient (Wildman–Crippen LogP) is 3.82. The van der Waals surface area contributed by atoms with Gasteiger partial charge in [-0.1, -0.05) is 18.2 Å². The molecule has 0 saturated carbocycles. The van der Waals surface area contributed by atoms with Crippen molar-refractivity contribution in [3.8, 4) is 11.5 Å². The number of nitrogens with one attached hydrogen (secondary N) is 2. The van der Waals surface area contributed by atoms with Crippen LogP contribution in [0.15, 0.2) is 53.2 Å². The van der Waals surface area contributed by atoms with Gasteiger partial charge in [-0.2, -0.15) is 0 Å². The van der Waals surface area contributed by atoms with E-state index in [1.54, 1.807) is 23.1 Å². The summed E-state index contributed by atoms with van der Waals surface area (Å²) in [6.45, 7) is 0.622. The van der Waals surface area contributed by atoms with Crippen LogP contribution in [-0.2, 0) is 27.5 Å². The van der Waals surface area contributed by atoms with Gasteiger partial charge >= 0.3 is 18.0 Å². The van der Waals surface area contributed by atoms with Crippen LogP contribution < -0.4 is 20.1 Å². The smallest absolute Gasteiger partial charge is 0.315 e. The van der Waals surface area contributed by atoms with Crippen LogP contribution in [-0.4, -0.2) is 51.8 Å². The topological polar surface area (TPSA) is 154 Å². The number of carboxylic acid groups (broad SMARTS) is 2. The Morgan fingerprint density at radius 3 is 2.15 bits per heavy atom.